The number of ether oxygens (including phenoxy) is 1. The van der Waals surface area contributed by atoms with Crippen molar-refractivity contribution in [2.45, 2.75) is 38.6 Å². The van der Waals surface area contributed by atoms with E-state index in [1.807, 2.05) is 11.8 Å². The summed E-state index contributed by atoms with van der Waals surface area (Å²) in [5, 5.41) is 0. The van der Waals surface area contributed by atoms with Gasteiger partial charge in [-0.05, 0) is 32.1 Å². The molecule has 3 heteroatoms. The minimum Gasteiger partial charge on any atom is -0.450 e. The van der Waals surface area contributed by atoms with Crippen LogP contribution in [0.1, 0.15) is 32.6 Å². The molecule has 0 aromatic rings. The SMILES string of the molecule is CCOC(=O)N1CC2CCCC1C2. The summed E-state index contributed by atoms with van der Waals surface area (Å²) >= 11 is 0. The van der Waals surface area contributed by atoms with Crippen LogP contribution in [0.5, 0.6) is 0 Å². The summed E-state index contributed by atoms with van der Waals surface area (Å²) in [6, 6.07) is 0.484. The Bertz CT molecular complexity index is 205. The lowest BCUT2D eigenvalue weighted by Crippen LogP contribution is -2.35. The second-order valence-electron chi connectivity index (χ2n) is 4.04. The van der Waals surface area contributed by atoms with E-state index in [-0.39, 0.29) is 6.09 Å². The first kappa shape index (κ1) is 8.85. The van der Waals surface area contributed by atoms with Crippen LogP contribution in [0.4, 0.5) is 4.79 Å². The summed E-state index contributed by atoms with van der Waals surface area (Å²) in [5.41, 5.74) is 0. The molecule has 0 aromatic heterocycles. The van der Waals surface area contributed by atoms with E-state index in [0.29, 0.717) is 12.6 Å². The van der Waals surface area contributed by atoms with Gasteiger partial charge >= 0.3 is 6.09 Å². The number of fused-ring (bicyclic) bond motifs is 2. The van der Waals surface area contributed by atoms with Gasteiger partial charge in [-0.3, -0.25) is 0 Å². The van der Waals surface area contributed by atoms with Gasteiger partial charge in [0, 0.05) is 12.6 Å². The van der Waals surface area contributed by atoms with E-state index in [9.17, 15) is 4.79 Å². The lowest BCUT2D eigenvalue weighted by Gasteiger charge is -2.23. The quantitative estimate of drug-likeness (QED) is 0.622. The van der Waals surface area contributed by atoms with Gasteiger partial charge in [0.15, 0.2) is 0 Å². The zero-order valence-electron chi connectivity index (χ0n) is 8.16. The van der Waals surface area contributed by atoms with Crippen LogP contribution in [0.3, 0.4) is 0 Å². The number of amides is 1. The molecule has 2 bridgehead atoms. The van der Waals surface area contributed by atoms with Crippen LogP contribution < -0.4 is 0 Å². The van der Waals surface area contributed by atoms with Crippen molar-refractivity contribution in [2.24, 2.45) is 5.92 Å². The Morgan fingerprint density at radius 3 is 3.08 bits per heavy atom. The maximum Gasteiger partial charge on any atom is 0.410 e. The van der Waals surface area contributed by atoms with Gasteiger partial charge in [0.25, 0.3) is 0 Å². The first-order valence-corrected chi connectivity index (χ1v) is 5.24. The topological polar surface area (TPSA) is 29.5 Å². The normalized spacial score (nSPS) is 31.9. The summed E-state index contributed by atoms with van der Waals surface area (Å²) < 4.78 is 5.02. The lowest BCUT2D eigenvalue weighted by atomic mass is 9.91. The molecule has 1 aliphatic heterocycles. The number of likely N-dealkylation sites (tertiary alicyclic amines) is 1. The molecule has 1 saturated heterocycles. The van der Waals surface area contributed by atoms with Crippen LogP contribution in [0.25, 0.3) is 0 Å². The van der Waals surface area contributed by atoms with Crippen molar-refractivity contribution >= 4 is 6.09 Å². The fourth-order valence-electron chi connectivity index (χ4n) is 2.57. The summed E-state index contributed by atoms with van der Waals surface area (Å²) in [6.07, 6.45) is 4.86. The van der Waals surface area contributed by atoms with Crippen molar-refractivity contribution in [2.75, 3.05) is 13.2 Å². The van der Waals surface area contributed by atoms with E-state index in [1.165, 1.54) is 25.7 Å². The van der Waals surface area contributed by atoms with Crippen LogP contribution in [0, 0.1) is 5.92 Å². The van der Waals surface area contributed by atoms with Gasteiger partial charge in [-0.25, -0.2) is 4.79 Å². The molecule has 0 N–H and O–H groups in total. The van der Waals surface area contributed by atoms with E-state index >= 15 is 0 Å². The molecular formula is C10H17NO2. The van der Waals surface area contributed by atoms with Crippen molar-refractivity contribution in [3.8, 4) is 0 Å². The van der Waals surface area contributed by atoms with Gasteiger partial charge in [-0.2, -0.15) is 0 Å². The Morgan fingerprint density at radius 1 is 1.54 bits per heavy atom. The molecule has 1 amide bonds. The fourth-order valence-corrected chi connectivity index (χ4v) is 2.57. The van der Waals surface area contributed by atoms with Crippen molar-refractivity contribution in [3.63, 3.8) is 0 Å². The van der Waals surface area contributed by atoms with E-state index in [2.05, 4.69) is 0 Å². The van der Waals surface area contributed by atoms with Crippen LogP contribution in [0.15, 0.2) is 0 Å². The Labute approximate surface area is 79.0 Å². The molecule has 13 heavy (non-hydrogen) atoms. The molecule has 1 heterocycles. The number of carbonyl (C=O) groups excluding carboxylic acids is 1. The second-order valence-corrected chi connectivity index (χ2v) is 4.04. The summed E-state index contributed by atoms with van der Waals surface area (Å²) in [5.74, 6) is 0.753. The maximum atomic E-state index is 11.5. The Hall–Kier alpha value is -0.730. The standard InChI is InChI=1S/C10H17NO2/c1-2-13-10(12)11-7-8-4-3-5-9(11)6-8/h8-9H,2-7H2,1H3. The maximum absolute atomic E-state index is 11.5. The third-order valence-electron chi connectivity index (χ3n) is 3.15. The molecule has 2 aliphatic rings. The zero-order valence-corrected chi connectivity index (χ0v) is 8.16. The van der Waals surface area contributed by atoms with Gasteiger partial charge in [-0.1, -0.05) is 6.42 Å². The number of nitrogens with zero attached hydrogens (tertiary/aromatic N) is 1. The van der Waals surface area contributed by atoms with Crippen molar-refractivity contribution in [1.82, 2.24) is 4.90 Å². The third-order valence-corrected chi connectivity index (χ3v) is 3.15. The Balaban J connectivity index is 1.96. The van der Waals surface area contributed by atoms with Gasteiger partial charge in [0.2, 0.25) is 0 Å². The number of rotatable bonds is 1. The minimum atomic E-state index is -0.100. The van der Waals surface area contributed by atoms with Crippen LogP contribution in [-0.4, -0.2) is 30.2 Å². The Morgan fingerprint density at radius 2 is 2.38 bits per heavy atom. The number of carbonyl (C=O) groups is 1. The molecule has 2 fully saturated rings. The highest BCUT2D eigenvalue weighted by Crippen LogP contribution is 2.35. The van der Waals surface area contributed by atoms with Crippen molar-refractivity contribution < 1.29 is 9.53 Å². The van der Waals surface area contributed by atoms with E-state index in [0.717, 1.165) is 12.5 Å². The van der Waals surface area contributed by atoms with Gasteiger partial charge in [0.05, 0.1) is 6.61 Å². The third kappa shape index (κ3) is 1.64. The van der Waals surface area contributed by atoms with Crippen LogP contribution in [0.2, 0.25) is 0 Å². The molecule has 2 rings (SSSR count). The number of hydrogen-bond donors (Lipinski definition) is 0. The first-order valence-electron chi connectivity index (χ1n) is 5.24. The van der Waals surface area contributed by atoms with E-state index < -0.39 is 0 Å². The predicted molar refractivity (Wildman–Crippen MR) is 49.5 cm³/mol. The van der Waals surface area contributed by atoms with Crippen LogP contribution in [-0.2, 0) is 4.74 Å². The highest BCUT2D eigenvalue weighted by molar-refractivity contribution is 5.68. The monoisotopic (exact) mass is 183 g/mol. The number of hydrogen-bond acceptors (Lipinski definition) is 2. The fraction of sp³-hybridized carbons (Fsp3) is 0.900. The second kappa shape index (κ2) is 3.56. The summed E-state index contributed by atoms with van der Waals surface area (Å²) in [4.78, 5) is 13.4. The van der Waals surface area contributed by atoms with Gasteiger partial charge < -0.3 is 9.64 Å². The molecule has 1 aliphatic carbocycles. The molecule has 0 radical (unpaired) electrons. The predicted octanol–water partition coefficient (Wildman–Crippen LogP) is 2.02. The minimum absolute atomic E-state index is 0.100. The molecule has 2 unspecified atom stereocenters. The summed E-state index contributed by atoms with van der Waals surface area (Å²) in [6.45, 7) is 3.29. The molecule has 3 nitrogen and oxygen atoms in total. The highest BCUT2D eigenvalue weighted by Gasteiger charge is 2.38. The first-order chi connectivity index (χ1) is 6.31. The molecule has 0 spiro atoms. The smallest absolute Gasteiger partial charge is 0.410 e. The van der Waals surface area contributed by atoms with E-state index in [4.69, 9.17) is 4.74 Å². The average molecular weight is 183 g/mol. The molecule has 2 atom stereocenters. The Kier molecular flexibility index (Phi) is 2.42. The highest BCUT2D eigenvalue weighted by atomic mass is 16.6. The molecule has 0 aromatic carbocycles. The summed E-state index contributed by atoms with van der Waals surface area (Å²) in [7, 11) is 0. The molecule has 74 valence electrons. The molecular weight excluding hydrogens is 166 g/mol. The zero-order chi connectivity index (χ0) is 9.26. The van der Waals surface area contributed by atoms with Crippen molar-refractivity contribution in [1.29, 1.82) is 0 Å². The lowest BCUT2D eigenvalue weighted by molar-refractivity contribution is 0.102. The van der Waals surface area contributed by atoms with Gasteiger partial charge in [0.1, 0.15) is 0 Å². The molecule has 1 saturated carbocycles. The van der Waals surface area contributed by atoms with Gasteiger partial charge in [-0.15, -0.1) is 0 Å². The average Bonchev–Trinajstić information content (AvgIpc) is 2.42. The van der Waals surface area contributed by atoms with Crippen molar-refractivity contribution in [3.05, 3.63) is 0 Å². The van der Waals surface area contributed by atoms with Crippen LogP contribution >= 0.6 is 0 Å². The van der Waals surface area contributed by atoms with E-state index in [1.54, 1.807) is 0 Å². The largest absolute Gasteiger partial charge is 0.450 e.